The molecule has 1 aromatic carbocycles. The molecule has 0 unspecified atom stereocenters. The third kappa shape index (κ3) is 9.17. The molecule has 1 aromatic heterocycles. The molecule has 216 valence electrons. The Balaban J connectivity index is 1.75. The van der Waals surface area contributed by atoms with E-state index in [1.54, 1.807) is 47.1 Å². The zero-order chi connectivity index (χ0) is 28.0. The molecule has 8 nitrogen and oxygen atoms in total. The van der Waals surface area contributed by atoms with Crippen molar-refractivity contribution in [1.29, 1.82) is 0 Å². The SMILES string of the molecule is CCCCCCCCn1cc([C@@H]2C[C@@H](OC(=O)c3ccccc3)ON2C)c(=O)n(CCCCCCCC)c1=O. The second-order valence-electron chi connectivity index (χ2n) is 10.7. The number of rotatable bonds is 17. The molecule has 0 N–H and O–H groups in total. The molecule has 2 atom stereocenters. The van der Waals surface area contributed by atoms with Crippen LogP contribution in [0.5, 0.6) is 0 Å². The Bertz CT molecular complexity index is 1130. The van der Waals surface area contributed by atoms with Crippen LogP contribution >= 0.6 is 0 Å². The standard InChI is InChI=1S/C31H47N3O5/c1-4-6-8-10-12-17-21-33-24-26(29(35)34(31(33)37)22-18-13-11-9-7-5-2)27-23-28(39-32(27)3)38-30(36)25-19-15-14-16-20-25/h14-16,19-20,24,27-28H,4-13,17-18,21-23H2,1-3H3/t27-,28-/m0/s1. The number of aryl methyl sites for hydroxylation is 1. The van der Waals surface area contributed by atoms with Crippen molar-refractivity contribution in [2.45, 2.75) is 123 Å². The van der Waals surface area contributed by atoms with Gasteiger partial charge < -0.3 is 9.30 Å². The third-order valence-corrected chi connectivity index (χ3v) is 7.50. The summed E-state index contributed by atoms with van der Waals surface area (Å²) in [5, 5.41) is 1.58. The Hall–Kier alpha value is -2.71. The molecule has 8 heteroatoms. The van der Waals surface area contributed by atoms with Crippen LogP contribution in [0.1, 0.15) is 119 Å². The largest absolute Gasteiger partial charge is 0.430 e. The number of aromatic nitrogens is 2. The topological polar surface area (TPSA) is 82.8 Å². The van der Waals surface area contributed by atoms with E-state index in [4.69, 9.17) is 9.57 Å². The van der Waals surface area contributed by atoms with Crippen molar-refractivity contribution in [3.63, 3.8) is 0 Å². The van der Waals surface area contributed by atoms with Crippen molar-refractivity contribution in [3.05, 3.63) is 68.5 Å². The van der Waals surface area contributed by atoms with E-state index in [2.05, 4.69) is 13.8 Å². The zero-order valence-electron chi connectivity index (χ0n) is 24.1. The van der Waals surface area contributed by atoms with E-state index in [1.807, 2.05) is 6.07 Å². The lowest BCUT2D eigenvalue weighted by molar-refractivity contribution is -0.209. The second-order valence-corrected chi connectivity index (χ2v) is 10.7. The average molecular weight is 542 g/mol. The number of carbonyl (C=O) groups excluding carboxylic acids is 1. The smallest absolute Gasteiger partial charge is 0.340 e. The maximum Gasteiger partial charge on any atom is 0.340 e. The van der Waals surface area contributed by atoms with E-state index in [1.165, 1.54) is 43.1 Å². The van der Waals surface area contributed by atoms with Crippen LogP contribution in [0.15, 0.2) is 46.1 Å². The molecule has 0 amide bonds. The Morgan fingerprint density at radius 2 is 1.46 bits per heavy atom. The summed E-state index contributed by atoms with van der Waals surface area (Å²) in [5.74, 6) is -0.469. The van der Waals surface area contributed by atoms with E-state index >= 15 is 0 Å². The predicted octanol–water partition coefficient (Wildman–Crippen LogP) is 6.22. The number of hydrogen-bond acceptors (Lipinski definition) is 6. The number of ether oxygens (including phenoxy) is 1. The van der Waals surface area contributed by atoms with Crippen molar-refractivity contribution in [1.82, 2.24) is 14.2 Å². The van der Waals surface area contributed by atoms with Gasteiger partial charge in [-0.15, -0.1) is 0 Å². The van der Waals surface area contributed by atoms with Crippen LogP contribution in [0.4, 0.5) is 0 Å². The van der Waals surface area contributed by atoms with Gasteiger partial charge in [-0.2, -0.15) is 5.06 Å². The summed E-state index contributed by atoms with van der Waals surface area (Å²) in [4.78, 5) is 45.3. The Morgan fingerprint density at radius 1 is 0.872 bits per heavy atom. The monoisotopic (exact) mass is 541 g/mol. The van der Waals surface area contributed by atoms with Crippen LogP contribution in [-0.4, -0.2) is 33.5 Å². The van der Waals surface area contributed by atoms with E-state index in [0.717, 1.165) is 38.5 Å². The number of hydroxylamine groups is 2. The number of esters is 1. The van der Waals surface area contributed by atoms with Crippen LogP contribution in [0.2, 0.25) is 0 Å². The molecule has 1 saturated heterocycles. The molecule has 2 heterocycles. The summed E-state index contributed by atoms with van der Waals surface area (Å²) < 4.78 is 8.69. The highest BCUT2D eigenvalue weighted by molar-refractivity contribution is 5.89. The molecule has 0 saturated carbocycles. The molecule has 0 aliphatic carbocycles. The molecule has 2 aromatic rings. The average Bonchev–Trinajstić information content (AvgIpc) is 3.30. The predicted molar refractivity (Wildman–Crippen MR) is 154 cm³/mol. The first-order valence-corrected chi connectivity index (χ1v) is 15.0. The van der Waals surface area contributed by atoms with Crippen LogP contribution in [0, 0.1) is 0 Å². The first kappa shape index (κ1) is 30.8. The van der Waals surface area contributed by atoms with Gasteiger partial charge in [-0.3, -0.25) is 14.2 Å². The van der Waals surface area contributed by atoms with Crippen molar-refractivity contribution in [2.24, 2.45) is 0 Å². The summed E-state index contributed by atoms with van der Waals surface area (Å²) >= 11 is 0. The summed E-state index contributed by atoms with van der Waals surface area (Å²) in [5.41, 5.74) is 0.441. The molecule has 0 spiro atoms. The van der Waals surface area contributed by atoms with Gasteiger partial charge in [0.2, 0.25) is 6.29 Å². The second kappa shape index (κ2) is 16.4. The summed E-state index contributed by atoms with van der Waals surface area (Å²) in [7, 11) is 1.74. The van der Waals surface area contributed by atoms with Crippen LogP contribution in [-0.2, 0) is 22.7 Å². The molecular weight excluding hydrogens is 494 g/mol. The maximum atomic E-state index is 13.6. The fourth-order valence-electron chi connectivity index (χ4n) is 5.16. The molecular formula is C31H47N3O5. The highest BCUT2D eigenvalue weighted by atomic mass is 16.8. The van der Waals surface area contributed by atoms with Gasteiger partial charge in [0.05, 0.1) is 17.2 Å². The molecule has 1 fully saturated rings. The van der Waals surface area contributed by atoms with Gasteiger partial charge >= 0.3 is 11.7 Å². The lowest BCUT2D eigenvalue weighted by Gasteiger charge is -2.19. The highest BCUT2D eigenvalue weighted by Gasteiger charge is 2.37. The van der Waals surface area contributed by atoms with Crippen molar-refractivity contribution >= 4 is 5.97 Å². The molecule has 1 aliphatic heterocycles. The van der Waals surface area contributed by atoms with Crippen molar-refractivity contribution < 1.29 is 14.4 Å². The lowest BCUT2D eigenvalue weighted by atomic mass is 10.1. The van der Waals surface area contributed by atoms with Gasteiger partial charge in [0.25, 0.3) is 5.56 Å². The first-order chi connectivity index (χ1) is 19.0. The Labute approximate surface area is 232 Å². The van der Waals surface area contributed by atoms with Gasteiger partial charge in [-0.05, 0) is 25.0 Å². The van der Waals surface area contributed by atoms with Gasteiger partial charge in [-0.1, -0.05) is 96.3 Å². The van der Waals surface area contributed by atoms with Gasteiger partial charge in [0, 0.05) is 32.8 Å². The fraction of sp³-hybridized carbons (Fsp3) is 0.645. The molecule has 3 rings (SSSR count). The lowest BCUT2D eigenvalue weighted by Crippen LogP contribution is -2.43. The van der Waals surface area contributed by atoms with Crippen LogP contribution in [0.25, 0.3) is 0 Å². The minimum absolute atomic E-state index is 0.237. The number of benzene rings is 1. The Kier molecular flexibility index (Phi) is 13.0. The minimum Gasteiger partial charge on any atom is -0.430 e. The zero-order valence-corrected chi connectivity index (χ0v) is 24.1. The quantitative estimate of drug-likeness (QED) is 0.175. The van der Waals surface area contributed by atoms with E-state index in [0.29, 0.717) is 30.6 Å². The van der Waals surface area contributed by atoms with Gasteiger partial charge in [-0.25, -0.2) is 9.59 Å². The maximum absolute atomic E-state index is 13.6. The number of unbranched alkanes of at least 4 members (excludes halogenated alkanes) is 10. The number of carbonyl (C=O) groups is 1. The van der Waals surface area contributed by atoms with E-state index < -0.39 is 18.3 Å². The molecule has 39 heavy (non-hydrogen) atoms. The summed E-state index contributed by atoms with van der Waals surface area (Å²) in [6, 6.07) is 8.36. The third-order valence-electron chi connectivity index (χ3n) is 7.50. The fourth-order valence-corrected chi connectivity index (χ4v) is 5.16. The van der Waals surface area contributed by atoms with Crippen LogP contribution in [0.3, 0.4) is 0 Å². The van der Waals surface area contributed by atoms with Crippen molar-refractivity contribution in [3.8, 4) is 0 Å². The molecule has 0 bridgehead atoms. The summed E-state index contributed by atoms with van der Waals surface area (Å²) in [6.07, 6.45) is 14.5. The number of hydrogen-bond donors (Lipinski definition) is 0. The molecule has 0 radical (unpaired) electrons. The molecule has 1 aliphatic rings. The Morgan fingerprint density at radius 3 is 2.10 bits per heavy atom. The van der Waals surface area contributed by atoms with Crippen LogP contribution < -0.4 is 11.2 Å². The number of nitrogens with zero attached hydrogens (tertiary/aromatic N) is 3. The van der Waals surface area contributed by atoms with Crippen molar-refractivity contribution in [2.75, 3.05) is 7.05 Å². The minimum atomic E-state index is -0.807. The van der Waals surface area contributed by atoms with Gasteiger partial charge in [0.1, 0.15) is 0 Å². The normalized spacial score (nSPS) is 17.5. The summed E-state index contributed by atoms with van der Waals surface area (Å²) in [6.45, 7) is 5.38. The highest BCUT2D eigenvalue weighted by Crippen LogP contribution is 2.32. The van der Waals surface area contributed by atoms with Gasteiger partial charge in [0.15, 0.2) is 0 Å². The first-order valence-electron chi connectivity index (χ1n) is 15.0. The van der Waals surface area contributed by atoms with E-state index in [-0.39, 0.29) is 11.2 Å². The van der Waals surface area contributed by atoms with E-state index in [9.17, 15) is 14.4 Å².